The van der Waals surface area contributed by atoms with E-state index in [-0.39, 0.29) is 0 Å². The van der Waals surface area contributed by atoms with Crippen LogP contribution in [0.25, 0.3) is 0 Å². The van der Waals surface area contributed by atoms with E-state index in [1.165, 1.54) is 0 Å². The fourth-order valence-corrected chi connectivity index (χ4v) is 20.7. The molecule has 0 amide bonds. The molecule has 0 aliphatic carbocycles. The second kappa shape index (κ2) is 21.0. The average Bonchev–Trinajstić information content (AvgIpc) is 3.33. The summed E-state index contributed by atoms with van der Waals surface area (Å²) in [4.78, 5) is 2.69. The fourth-order valence-electron chi connectivity index (χ4n) is 6.88. The zero-order valence-corrected chi connectivity index (χ0v) is 40.9. The first-order chi connectivity index (χ1) is 32.5. The first kappa shape index (κ1) is 49.6. The van der Waals surface area contributed by atoms with Crippen molar-refractivity contribution in [1.82, 2.24) is 0 Å². The third-order valence-corrected chi connectivity index (χ3v) is 24.1. The Morgan fingerprint density at radius 2 is 0.515 bits per heavy atom. The van der Waals surface area contributed by atoms with Gasteiger partial charge in [0, 0.05) is 0 Å². The Labute approximate surface area is 408 Å². The minimum absolute atomic E-state index is 0.337. The summed E-state index contributed by atoms with van der Waals surface area (Å²) in [7, 11) is -20.7. The summed E-state index contributed by atoms with van der Waals surface area (Å²) in [6, 6.07) is 59.8. The molecule has 352 valence electrons. The number of hydrogen-bond acceptors (Lipinski definition) is 14. The van der Waals surface area contributed by atoms with Crippen LogP contribution in [0.4, 0.5) is 0 Å². The Morgan fingerprint density at radius 3 is 0.750 bits per heavy atom. The Morgan fingerprint density at radius 1 is 0.279 bits per heavy atom. The van der Waals surface area contributed by atoms with Crippen LogP contribution in [0.3, 0.4) is 0 Å². The van der Waals surface area contributed by atoms with Gasteiger partial charge in [0.1, 0.15) is 0 Å². The number of rotatable bonds is 18. The maximum atomic E-state index is 12.2. The molecule has 0 aliphatic rings. The van der Waals surface area contributed by atoms with E-state index in [1.54, 1.807) is 218 Å². The molecule has 8 aromatic rings. The van der Waals surface area contributed by atoms with Crippen molar-refractivity contribution in [1.29, 1.82) is 0 Å². The van der Waals surface area contributed by atoms with Crippen LogP contribution in [0.2, 0.25) is 0 Å². The average molecular weight is 1130 g/mol. The van der Waals surface area contributed by atoms with Gasteiger partial charge in [-0.2, -0.15) is 28.0 Å². The summed E-state index contributed by atoms with van der Waals surface area (Å²) in [6.07, 6.45) is 0. The molecule has 68 heavy (non-hydrogen) atoms. The van der Waals surface area contributed by atoms with Crippen molar-refractivity contribution in [2.75, 3.05) is 0 Å². The fraction of sp³-hybridized carbons (Fsp3) is 0. The van der Waals surface area contributed by atoms with E-state index in [0.29, 0.717) is 59.5 Å². The molecule has 8 aromatic carbocycles. The van der Waals surface area contributed by atoms with Crippen molar-refractivity contribution in [2.24, 2.45) is 0 Å². The molecule has 20 heteroatoms. The van der Waals surface area contributed by atoms with Crippen LogP contribution in [-0.2, 0) is 10.1 Å². The molecular weight excluding hydrogens is 1100 g/mol. The van der Waals surface area contributed by atoms with E-state index in [2.05, 4.69) is 0 Å². The van der Waals surface area contributed by atoms with Crippen LogP contribution in [-0.4, -0.2) is 0 Å². The van der Waals surface area contributed by atoms with Gasteiger partial charge in [0.2, 0.25) is 0 Å². The molecule has 0 heterocycles. The molecule has 0 bridgehead atoms. The van der Waals surface area contributed by atoms with Gasteiger partial charge in [0.15, 0.2) is 0 Å². The van der Waals surface area contributed by atoms with Gasteiger partial charge in [-0.25, -0.2) is 0 Å². The summed E-state index contributed by atoms with van der Waals surface area (Å²) in [5, 5.41) is 0. The van der Waals surface area contributed by atoms with Gasteiger partial charge in [-0.3, -0.25) is 0 Å². The minimum atomic E-state index is -4.88. The number of hydrogen-bond donors (Lipinski definition) is 0. The Hall–Kier alpha value is -4.82. The summed E-state index contributed by atoms with van der Waals surface area (Å²) < 4.78 is 138. The third kappa shape index (κ3) is 11.9. The van der Waals surface area contributed by atoms with Crippen molar-refractivity contribution in [3.8, 4) is 23.0 Å². The van der Waals surface area contributed by atoms with Gasteiger partial charge < -0.3 is 0 Å². The van der Waals surface area contributed by atoms with Crippen LogP contribution in [0.1, 0.15) is 0 Å². The molecule has 0 spiro atoms. The third-order valence-electron chi connectivity index (χ3n) is 9.58. The monoisotopic (exact) mass is 1130 g/mol. The van der Waals surface area contributed by atoms with E-state index in [4.69, 9.17) is 19.6 Å². The Bertz CT molecular complexity index is 2590. The first-order valence-corrected chi connectivity index (χ1v) is 29.5. The number of halogens is 4. The van der Waals surface area contributed by atoms with Gasteiger partial charge in [-0.1, -0.05) is 72.8 Å². The summed E-state index contributed by atoms with van der Waals surface area (Å²) in [5.74, 6) is 1.35. The molecule has 14 nitrogen and oxygen atoms in total. The predicted molar refractivity (Wildman–Crippen MR) is 231 cm³/mol. The molecule has 0 aromatic heterocycles. The van der Waals surface area contributed by atoms with Crippen molar-refractivity contribution < 1.29 is 92.2 Å². The summed E-state index contributed by atoms with van der Waals surface area (Å²) in [5.41, 5.74) is 0. The van der Waals surface area contributed by atoms with Gasteiger partial charge in [-0.15, -0.1) is 0 Å². The van der Waals surface area contributed by atoms with E-state index in [9.17, 15) is 41.9 Å². The molecule has 8 rings (SSSR count). The molecule has 0 unspecified atom stereocenters. The van der Waals surface area contributed by atoms with Crippen molar-refractivity contribution in [3.05, 3.63) is 226 Å². The summed E-state index contributed by atoms with van der Waals surface area (Å²) >= 11 is -3.42. The van der Waals surface area contributed by atoms with E-state index >= 15 is 0 Å². The maximum absolute atomic E-state index is 12.2. The molecule has 0 N–H and O–H groups in total. The molecular formula is C48H36Cl3IO14S2. The molecule has 0 radical (unpaired) electrons. The zero-order chi connectivity index (χ0) is 48.0. The van der Waals surface area contributed by atoms with Gasteiger partial charge >= 0.3 is 310 Å². The predicted octanol–water partition coefficient (Wildman–Crippen LogP) is 3.87. The molecule has 0 saturated heterocycles. The second-order valence-electron chi connectivity index (χ2n) is 14.0. The van der Waals surface area contributed by atoms with Crippen LogP contribution in [0.15, 0.2) is 248 Å². The molecule has 0 fully saturated rings. The topological polar surface area (TPSA) is 254 Å². The summed E-state index contributed by atoms with van der Waals surface area (Å²) in [6.45, 7) is 0. The van der Waals surface area contributed by atoms with Crippen LogP contribution in [0, 0.1) is 37.9 Å². The Kier molecular flexibility index (Phi) is 15.3. The van der Waals surface area contributed by atoms with Gasteiger partial charge in [0.05, 0.1) is 0 Å². The van der Waals surface area contributed by atoms with Crippen molar-refractivity contribution in [2.45, 2.75) is 29.4 Å². The molecule has 0 aliphatic heterocycles. The van der Waals surface area contributed by atoms with Crippen molar-refractivity contribution in [3.63, 3.8) is 0 Å². The van der Waals surface area contributed by atoms with Gasteiger partial charge in [0.25, 0.3) is 0 Å². The molecule has 0 saturated carbocycles. The van der Waals surface area contributed by atoms with Gasteiger partial charge in [-0.05, 0) is 0 Å². The van der Waals surface area contributed by atoms with E-state index < -0.39 is 71.6 Å². The van der Waals surface area contributed by atoms with Crippen molar-refractivity contribution >= 4 is 40.9 Å². The van der Waals surface area contributed by atoms with Crippen LogP contribution in [0.5, 0.6) is 23.0 Å². The standard InChI is InChI=1S/C48H36Cl3IO14S2/c53-49(54,55)64-52(37-21-25-39(26-22-37)62-41-29-33-47(34-30-41)67(65-50(56,57)58,43-13-5-1-6-14-43)44-15-7-2-8-16-44)38-23-27-40(28-24-38)63-42-31-35-48(36-32-42)68(66-51(59,60)61,45-17-9-3-10-18-45)46-19-11-4-12-20-46/h1-36H. The zero-order valence-electron chi connectivity index (χ0n) is 34.8. The van der Waals surface area contributed by atoms with Crippen LogP contribution >= 0.6 is 40.9 Å². The molecule has 0 atom stereocenters. The number of ether oxygens (including phenoxy) is 2. The first-order valence-electron chi connectivity index (χ1n) is 19.7. The second-order valence-corrected chi connectivity index (χ2v) is 27.3. The number of benzene rings is 8. The quantitative estimate of drug-likeness (QED) is 0.111. The van der Waals surface area contributed by atoms with E-state index in [1.807, 2.05) is 0 Å². The Balaban J connectivity index is 1.01. The van der Waals surface area contributed by atoms with E-state index in [0.717, 1.165) is 0 Å². The SMILES string of the molecule is [O-][Cl+3]([O-])([O-])OI(c1ccc(Oc2ccc(S(O[Cl+3]([O-])([O-])[O-])(c3ccccc3)c3ccccc3)cc2)cc1)c1ccc(Oc2ccc(S(O[Cl+3]([O-])([O-])[O-])(c3ccccc3)c3ccccc3)cc2)cc1. The van der Waals surface area contributed by atoms with Crippen LogP contribution < -0.4 is 51.4 Å². The normalized spacial score (nSPS) is 13.1.